The van der Waals surface area contributed by atoms with Gasteiger partial charge in [-0.25, -0.2) is 13.4 Å². The molecule has 0 saturated carbocycles. The third-order valence-electron chi connectivity index (χ3n) is 3.04. The fourth-order valence-corrected chi connectivity index (χ4v) is 4.53. The van der Waals surface area contributed by atoms with Crippen molar-refractivity contribution in [2.24, 2.45) is 5.92 Å². The number of sulfone groups is 1. The van der Waals surface area contributed by atoms with Gasteiger partial charge in [-0.3, -0.25) is 4.79 Å². The molecule has 19 heavy (non-hydrogen) atoms. The van der Waals surface area contributed by atoms with E-state index in [2.05, 4.69) is 26.2 Å². The van der Waals surface area contributed by atoms with Gasteiger partial charge in [0.2, 0.25) is 5.91 Å². The van der Waals surface area contributed by atoms with Gasteiger partial charge in [-0.05, 0) is 46.8 Å². The maximum Gasteiger partial charge on any atom is 0.225 e. The summed E-state index contributed by atoms with van der Waals surface area (Å²) >= 11 is 3.33. The maximum absolute atomic E-state index is 11.8. The Morgan fingerprint density at radius 3 is 2.89 bits per heavy atom. The van der Waals surface area contributed by atoms with E-state index in [1.54, 1.807) is 6.20 Å². The molecule has 0 aliphatic carbocycles. The van der Waals surface area contributed by atoms with Crippen LogP contribution in [0.3, 0.4) is 0 Å². The summed E-state index contributed by atoms with van der Waals surface area (Å²) in [5.74, 6) is 0.505. The number of amides is 1. The van der Waals surface area contributed by atoms with E-state index in [4.69, 9.17) is 0 Å². The van der Waals surface area contributed by atoms with Crippen molar-refractivity contribution in [2.75, 3.05) is 16.8 Å². The number of pyridine rings is 1. The summed E-state index contributed by atoms with van der Waals surface area (Å²) in [6, 6.07) is 1.86. The first kappa shape index (κ1) is 14.5. The number of aromatic nitrogens is 1. The van der Waals surface area contributed by atoms with Crippen molar-refractivity contribution in [3.05, 3.63) is 22.3 Å². The first-order valence-electron chi connectivity index (χ1n) is 5.98. The maximum atomic E-state index is 11.8. The number of rotatable bonds is 3. The first-order chi connectivity index (χ1) is 8.85. The monoisotopic (exact) mass is 346 g/mol. The van der Waals surface area contributed by atoms with Gasteiger partial charge in [0.15, 0.2) is 9.84 Å². The molecule has 104 valence electrons. The van der Waals surface area contributed by atoms with E-state index in [0.29, 0.717) is 12.2 Å². The van der Waals surface area contributed by atoms with Gasteiger partial charge in [-0.1, -0.05) is 0 Å². The molecule has 1 amide bonds. The molecule has 1 aromatic rings. The lowest BCUT2D eigenvalue weighted by Gasteiger charge is -2.09. The minimum absolute atomic E-state index is 0.0748. The molecule has 1 saturated heterocycles. The zero-order valence-electron chi connectivity index (χ0n) is 10.5. The van der Waals surface area contributed by atoms with Gasteiger partial charge in [0, 0.05) is 12.6 Å². The number of carbonyl (C=O) groups is 1. The van der Waals surface area contributed by atoms with Crippen LogP contribution in [0.2, 0.25) is 0 Å². The molecule has 1 fully saturated rings. The number of nitrogens with one attached hydrogen (secondary N) is 1. The van der Waals surface area contributed by atoms with Crippen LogP contribution in [0, 0.1) is 12.8 Å². The predicted molar refractivity (Wildman–Crippen MR) is 76.7 cm³/mol. The minimum atomic E-state index is -2.93. The second-order valence-electron chi connectivity index (χ2n) is 4.86. The van der Waals surface area contributed by atoms with Crippen molar-refractivity contribution in [3.63, 3.8) is 0 Å². The number of anilines is 1. The highest BCUT2D eigenvalue weighted by atomic mass is 79.9. The van der Waals surface area contributed by atoms with Crippen LogP contribution < -0.4 is 5.32 Å². The van der Waals surface area contributed by atoms with Gasteiger partial charge in [-0.2, -0.15) is 0 Å². The van der Waals surface area contributed by atoms with E-state index >= 15 is 0 Å². The molecule has 0 bridgehead atoms. The molecule has 2 heterocycles. The molecule has 1 atom stereocenters. The number of nitrogens with zero attached hydrogens (tertiary/aromatic N) is 1. The van der Waals surface area contributed by atoms with Crippen molar-refractivity contribution in [2.45, 2.75) is 19.8 Å². The Hall–Kier alpha value is -0.950. The Bertz CT molecular complexity index is 601. The summed E-state index contributed by atoms with van der Waals surface area (Å²) < 4.78 is 23.4. The van der Waals surface area contributed by atoms with Crippen LogP contribution in [0.4, 0.5) is 5.82 Å². The van der Waals surface area contributed by atoms with E-state index in [9.17, 15) is 13.2 Å². The van der Waals surface area contributed by atoms with Crippen molar-refractivity contribution in [1.82, 2.24) is 4.98 Å². The highest BCUT2D eigenvalue weighted by Crippen LogP contribution is 2.24. The molecule has 1 N–H and O–H groups in total. The summed E-state index contributed by atoms with van der Waals surface area (Å²) in [5.41, 5.74) is 0.992. The number of halogens is 1. The van der Waals surface area contributed by atoms with Crippen LogP contribution in [-0.2, 0) is 14.6 Å². The molecule has 5 nitrogen and oxygen atoms in total. The SMILES string of the molecule is Cc1cnc(NC(=O)CC2CCS(=O)(=O)C2)c(Br)c1. The molecular weight excluding hydrogens is 332 g/mol. The van der Waals surface area contributed by atoms with E-state index in [-0.39, 0.29) is 29.8 Å². The number of hydrogen-bond acceptors (Lipinski definition) is 4. The summed E-state index contributed by atoms with van der Waals surface area (Å²) in [6.45, 7) is 1.91. The smallest absolute Gasteiger partial charge is 0.225 e. The van der Waals surface area contributed by atoms with E-state index < -0.39 is 9.84 Å². The Balaban J connectivity index is 1.95. The van der Waals surface area contributed by atoms with Crippen molar-refractivity contribution in [1.29, 1.82) is 0 Å². The minimum Gasteiger partial charge on any atom is -0.310 e. The summed E-state index contributed by atoms with van der Waals surface area (Å²) in [4.78, 5) is 16.0. The third kappa shape index (κ3) is 4.01. The van der Waals surface area contributed by atoms with Crippen LogP contribution >= 0.6 is 15.9 Å². The highest BCUT2D eigenvalue weighted by molar-refractivity contribution is 9.10. The van der Waals surface area contributed by atoms with E-state index in [0.717, 1.165) is 10.0 Å². The second-order valence-corrected chi connectivity index (χ2v) is 7.95. The lowest BCUT2D eigenvalue weighted by Crippen LogP contribution is -2.18. The van der Waals surface area contributed by atoms with Gasteiger partial charge in [0.1, 0.15) is 5.82 Å². The first-order valence-corrected chi connectivity index (χ1v) is 8.59. The van der Waals surface area contributed by atoms with Gasteiger partial charge in [0.25, 0.3) is 0 Å². The fraction of sp³-hybridized carbons (Fsp3) is 0.500. The molecule has 7 heteroatoms. The van der Waals surface area contributed by atoms with Gasteiger partial charge in [0.05, 0.1) is 16.0 Å². The number of hydrogen-bond donors (Lipinski definition) is 1. The van der Waals surface area contributed by atoms with Crippen molar-refractivity contribution >= 4 is 37.5 Å². The largest absolute Gasteiger partial charge is 0.310 e. The molecule has 1 aromatic heterocycles. The predicted octanol–water partition coefficient (Wildman–Crippen LogP) is 1.92. The lowest BCUT2D eigenvalue weighted by atomic mass is 10.1. The molecule has 1 unspecified atom stereocenters. The summed E-state index contributed by atoms with van der Waals surface area (Å²) in [7, 11) is -2.93. The Morgan fingerprint density at radius 1 is 1.58 bits per heavy atom. The molecule has 0 spiro atoms. The quantitative estimate of drug-likeness (QED) is 0.906. The fourth-order valence-electron chi connectivity index (χ4n) is 2.10. The van der Waals surface area contributed by atoms with Crippen LogP contribution in [-0.4, -0.2) is 30.8 Å². The normalized spacial score (nSPS) is 21.3. The molecule has 2 rings (SSSR count). The van der Waals surface area contributed by atoms with E-state index in [1.807, 2.05) is 13.0 Å². The van der Waals surface area contributed by atoms with Gasteiger partial charge < -0.3 is 5.32 Å². The van der Waals surface area contributed by atoms with Crippen LogP contribution in [0.25, 0.3) is 0 Å². The van der Waals surface area contributed by atoms with Crippen LogP contribution in [0.1, 0.15) is 18.4 Å². The molecule has 1 aliphatic heterocycles. The van der Waals surface area contributed by atoms with Gasteiger partial charge >= 0.3 is 0 Å². The zero-order valence-corrected chi connectivity index (χ0v) is 12.9. The molecule has 0 aromatic carbocycles. The van der Waals surface area contributed by atoms with E-state index in [1.165, 1.54) is 0 Å². The third-order valence-corrected chi connectivity index (χ3v) is 5.48. The Kier molecular flexibility index (Phi) is 4.25. The van der Waals surface area contributed by atoms with Gasteiger partial charge in [-0.15, -0.1) is 0 Å². The van der Waals surface area contributed by atoms with Crippen LogP contribution in [0.5, 0.6) is 0 Å². The average molecular weight is 347 g/mol. The molecule has 1 aliphatic rings. The molecule has 0 radical (unpaired) electrons. The standard InChI is InChI=1S/C12H15BrN2O3S/c1-8-4-10(13)12(14-6-8)15-11(16)5-9-2-3-19(17,18)7-9/h4,6,9H,2-3,5,7H2,1H3,(H,14,15,16). The second kappa shape index (κ2) is 5.58. The van der Waals surface area contributed by atoms with Crippen LogP contribution in [0.15, 0.2) is 16.7 Å². The average Bonchev–Trinajstić information content (AvgIpc) is 2.62. The van der Waals surface area contributed by atoms with Crippen molar-refractivity contribution in [3.8, 4) is 0 Å². The zero-order chi connectivity index (χ0) is 14.0. The van der Waals surface area contributed by atoms with Crippen molar-refractivity contribution < 1.29 is 13.2 Å². The number of aryl methyl sites for hydroxylation is 1. The summed E-state index contributed by atoms with van der Waals surface area (Å²) in [6.07, 6.45) is 2.46. The summed E-state index contributed by atoms with van der Waals surface area (Å²) in [5, 5.41) is 2.70. The highest BCUT2D eigenvalue weighted by Gasteiger charge is 2.29. The Labute approximate surface area is 120 Å². The Morgan fingerprint density at radius 2 is 2.32 bits per heavy atom. The topological polar surface area (TPSA) is 76.1 Å². The molecular formula is C12H15BrN2O3S. The number of carbonyl (C=O) groups excluding carboxylic acids is 1. The lowest BCUT2D eigenvalue weighted by molar-refractivity contribution is -0.116.